The molecule has 6 nitrogen and oxygen atoms in total. The maximum absolute atomic E-state index is 6.97. The summed E-state index contributed by atoms with van der Waals surface area (Å²) < 4.78 is 14.2. The molecular weight excluding hydrogens is 827 g/mol. The van der Waals surface area contributed by atoms with Gasteiger partial charge in [-0.25, -0.2) is 9.98 Å². The average molecular weight is 862 g/mol. The maximum Gasteiger partial charge on any atom is 0.204 e. The molecule has 0 saturated carbocycles. The van der Waals surface area contributed by atoms with E-state index in [0.717, 1.165) is 66.7 Å². The quantitative estimate of drug-likeness (QED) is 0.192. The van der Waals surface area contributed by atoms with Crippen molar-refractivity contribution in [3.8, 4) is 5.69 Å². The van der Waals surface area contributed by atoms with Crippen LogP contribution in [0.1, 0.15) is 17.4 Å². The lowest BCUT2D eigenvalue weighted by Gasteiger charge is -2.26. The van der Waals surface area contributed by atoms with Crippen molar-refractivity contribution in [3.63, 3.8) is 0 Å². The van der Waals surface area contributed by atoms with Crippen LogP contribution in [0.15, 0.2) is 215 Å². The second kappa shape index (κ2) is 13.5. The Kier molecular flexibility index (Phi) is 7.34. The minimum Gasteiger partial charge on any atom is -0.454 e. The second-order valence-corrected chi connectivity index (χ2v) is 18.4. The van der Waals surface area contributed by atoms with E-state index in [9.17, 15) is 0 Å². The predicted molar refractivity (Wildman–Crippen MR) is 277 cm³/mol. The highest BCUT2D eigenvalue weighted by molar-refractivity contribution is 7.25. The number of fused-ring (bicyclic) bond motifs is 15. The van der Waals surface area contributed by atoms with Gasteiger partial charge in [0.1, 0.15) is 11.4 Å². The maximum atomic E-state index is 6.97. The van der Waals surface area contributed by atoms with Crippen LogP contribution in [0.3, 0.4) is 0 Å². The van der Waals surface area contributed by atoms with E-state index in [1.165, 1.54) is 63.3 Å². The average Bonchev–Trinajstić information content (AvgIpc) is 4.13. The van der Waals surface area contributed by atoms with Crippen molar-refractivity contribution in [2.75, 3.05) is 0 Å². The molecule has 4 aromatic heterocycles. The summed E-state index contributed by atoms with van der Waals surface area (Å²) in [6.45, 7) is 0. The summed E-state index contributed by atoms with van der Waals surface area (Å²) in [5.74, 6) is 1.40. The number of amidine groups is 2. The number of nitrogens with one attached hydrogen (secondary N) is 1. The first-order chi connectivity index (χ1) is 32.7. The van der Waals surface area contributed by atoms with Gasteiger partial charge >= 0.3 is 0 Å². The van der Waals surface area contributed by atoms with E-state index in [4.69, 9.17) is 14.4 Å². The molecule has 0 fully saturated rings. The Hall–Kier alpha value is -8.52. The normalized spacial score (nSPS) is 14.5. The van der Waals surface area contributed by atoms with Gasteiger partial charge in [0.2, 0.25) is 6.29 Å². The van der Waals surface area contributed by atoms with Gasteiger partial charge in [-0.1, -0.05) is 146 Å². The standard InChI is InChI=1S/C59H35N5OS/c1-2-15-36-31-50-46(29-35(36)14-1)45-28-25-34-13-3-4-16-39(34)55(45)63(50)51-32-38(30-47-42-19-7-11-23-52(42)65-56(47)51)58-60-57(37-26-27-44-43-20-8-12-24-53(43)66-54(44)33-37)61-59(62-58)64-48-21-9-5-17-40(48)41-18-6-10-22-49(41)64/h1-33,59H,(H,60,61,62). The van der Waals surface area contributed by atoms with Crippen LogP contribution in [0.2, 0.25) is 0 Å². The van der Waals surface area contributed by atoms with Crippen LogP contribution in [0.5, 0.6) is 0 Å². The molecule has 308 valence electrons. The van der Waals surface area contributed by atoms with Gasteiger partial charge in [-0.05, 0) is 70.8 Å². The van der Waals surface area contributed by atoms with Gasteiger partial charge in [0.15, 0.2) is 11.4 Å². The zero-order chi connectivity index (χ0) is 43.0. The van der Waals surface area contributed by atoms with Crippen molar-refractivity contribution in [2.45, 2.75) is 6.29 Å². The fourth-order valence-corrected chi connectivity index (χ4v) is 11.9. The van der Waals surface area contributed by atoms with Gasteiger partial charge in [0.05, 0.1) is 27.8 Å². The highest BCUT2D eigenvalue weighted by Crippen LogP contribution is 2.43. The number of para-hydroxylation sites is 3. The van der Waals surface area contributed by atoms with Crippen molar-refractivity contribution < 1.29 is 4.42 Å². The molecule has 0 aliphatic carbocycles. The van der Waals surface area contributed by atoms with Crippen molar-refractivity contribution in [1.82, 2.24) is 14.5 Å². The van der Waals surface area contributed by atoms with Crippen LogP contribution >= 0.6 is 11.3 Å². The number of hydrogen-bond donors (Lipinski definition) is 1. The van der Waals surface area contributed by atoms with Crippen molar-refractivity contribution in [2.24, 2.45) is 9.98 Å². The minimum atomic E-state index is -0.515. The molecule has 14 aromatic rings. The molecule has 1 N–H and O–H groups in total. The molecule has 0 bridgehead atoms. The minimum absolute atomic E-state index is 0.515. The third-order valence-electron chi connectivity index (χ3n) is 13.7. The van der Waals surface area contributed by atoms with Crippen LogP contribution in [-0.4, -0.2) is 20.8 Å². The Morgan fingerprint density at radius 1 is 0.455 bits per heavy atom. The monoisotopic (exact) mass is 861 g/mol. The summed E-state index contributed by atoms with van der Waals surface area (Å²) in [5.41, 5.74) is 8.91. The Balaban J connectivity index is 1.04. The Morgan fingerprint density at radius 2 is 1.11 bits per heavy atom. The lowest BCUT2D eigenvalue weighted by atomic mass is 10.0. The highest BCUT2D eigenvalue weighted by atomic mass is 32.1. The Morgan fingerprint density at radius 3 is 1.92 bits per heavy atom. The zero-order valence-electron chi connectivity index (χ0n) is 35.2. The summed E-state index contributed by atoms with van der Waals surface area (Å²) in [4.78, 5) is 11.1. The number of aliphatic imine (C=N–C) groups is 2. The third-order valence-corrected chi connectivity index (χ3v) is 14.9. The molecule has 0 saturated heterocycles. The molecule has 7 heteroatoms. The van der Waals surface area contributed by atoms with Gasteiger partial charge in [0, 0.05) is 69.0 Å². The SMILES string of the molecule is c1ccc2cc3c(cc2c1)c1ccc2ccccc2c1n3-c1cc(C2=NC(n3c4ccccc4c4ccccc43)NC(c3ccc4c(c3)sc3ccccc34)=N2)cc2c1oc1ccccc12. The van der Waals surface area contributed by atoms with Crippen LogP contribution in [0.25, 0.3) is 113 Å². The summed E-state index contributed by atoms with van der Waals surface area (Å²) in [6, 6.07) is 72.0. The van der Waals surface area contributed by atoms with Crippen LogP contribution in [-0.2, 0) is 0 Å². The molecule has 0 spiro atoms. The molecule has 15 rings (SSSR count). The summed E-state index contributed by atoms with van der Waals surface area (Å²) in [7, 11) is 0. The molecule has 0 amide bonds. The lowest BCUT2D eigenvalue weighted by Crippen LogP contribution is -2.36. The predicted octanol–water partition coefficient (Wildman–Crippen LogP) is 15.4. The first-order valence-corrected chi connectivity index (χ1v) is 23.1. The number of rotatable bonds is 4. The van der Waals surface area contributed by atoms with E-state index < -0.39 is 6.29 Å². The zero-order valence-corrected chi connectivity index (χ0v) is 36.1. The highest BCUT2D eigenvalue weighted by Gasteiger charge is 2.27. The molecular formula is C59H35N5OS. The van der Waals surface area contributed by atoms with E-state index in [0.29, 0.717) is 5.84 Å². The van der Waals surface area contributed by atoms with E-state index in [1.807, 2.05) is 17.4 Å². The molecule has 5 heterocycles. The fourth-order valence-electron chi connectivity index (χ4n) is 10.8. The lowest BCUT2D eigenvalue weighted by molar-refractivity contribution is 0.516. The molecule has 1 unspecified atom stereocenters. The molecule has 10 aromatic carbocycles. The van der Waals surface area contributed by atoms with E-state index in [1.54, 1.807) is 0 Å². The Bertz CT molecular complexity index is 4410. The van der Waals surface area contributed by atoms with Gasteiger partial charge in [-0.3, -0.25) is 0 Å². The van der Waals surface area contributed by atoms with Crippen molar-refractivity contribution in [1.29, 1.82) is 0 Å². The smallest absolute Gasteiger partial charge is 0.204 e. The van der Waals surface area contributed by atoms with Gasteiger partial charge < -0.3 is 18.9 Å². The number of aromatic nitrogens is 2. The van der Waals surface area contributed by atoms with Crippen molar-refractivity contribution in [3.05, 3.63) is 211 Å². The summed E-state index contributed by atoms with van der Waals surface area (Å²) in [6.07, 6.45) is -0.515. The van der Waals surface area contributed by atoms with E-state index in [2.05, 4.69) is 209 Å². The van der Waals surface area contributed by atoms with Gasteiger partial charge in [-0.2, -0.15) is 0 Å². The van der Waals surface area contributed by atoms with E-state index >= 15 is 0 Å². The number of thiophene rings is 1. The molecule has 0 radical (unpaired) electrons. The largest absolute Gasteiger partial charge is 0.454 e. The first-order valence-electron chi connectivity index (χ1n) is 22.3. The molecule has 1 aliphatic heterocycles. The van der Waals surface area contributed by atoms with Crippen LogP contribution in [0.4, 0.5) is 0 Å². The number of benzene rings is 10. The Labute approximate surface area is 380 Å². The fraction of sp³-hybridized carbons (Fsp3) is 0.0169. The molecule has 1 atom stereocenters. The first kappa shape index (κ1) is 35.9. The van der Waals surface area contributed by atoms with Crippen LogP contribution < -0.4 is 5.32 Å². The number of hydrogen-bond acceptors (Lipinski definition) is 5. The number of furan rings is 1. The van der Waals surface area contributed by atoms with E-state index in [-0.39, 0.29) is 0 Å². The topological polar surface area (TPSA) is 59.8 Å². The summed E-state index contributed by atoms with van der Waals surface area (Å²) in [5, 5.41) is 17.9. The summed E-state index contributed by atoms with van der Waals surface area (Å²) >= 11 is 1.81. The third kappa shape index (κ3) is 5.11. The van der Waals surface area contributed by atoms with Crippen molar-refractivity contribution >= 4 is 130 Å². The van der Waals surface area contributed by atoms with Crippen LogP contribution in [0, 0.1) is 0 Å². The van der Waals surface area contributed by atoms with Gasteiger partial charge in [0.25, 0.3) is 0 Å². The molecule has 66 heavy (non-hydrogen) atoms. The molecule has 1 aliphatic rings. The van der Waals surface area contributed by atoms with Gasteiger partial charge in [-0.15, -0.1) is 11.3 Å². The number of nitrogens with zero attached hydrogens (tertiary/aromatic N) is 4. The second-order valence-electron chi connectivity index (χ2n) is 17.3.